The van der Waals surface area contributed by atoms with Gasteiger partial charge in [0.2, 0.25) is 5.91 Å². The lowest BCUT2D eigenvalue weighted by molar-refractivity contribution is -0.145. The standard InChI is InChI=1S/C14H24N2O4/c15-12(17)10-3-7-16(8-4-10)9-14(20)5-1-11(2-6-14)13(18)19/h10-11,20H,1-9H2,(H2,15,17)(H,18,19). The minimum Gasteiger partial charge on any atom is -0.481 e. The van der Waals surface area contributed by atoms with Gasteiger partial charge in [-0.3, -0.25) is 9.59 Å². The minimum atomic E-state index is -0.772. The normalized spacial score (nSPS) is 33.0. The topological polar surface area (TPSA) is 104 Å². The Morgan fingerprint density at radius 2 is 1.65 bits per heavy atom. The molecule has 20 heavy (non-hydrogen) atoms. The first-order chi connectivity index (χ1) is 9.39. The number of hydrogen-bond donors (Lipinski definition) is 3. The molecule has 1 saturated carbocycles. The molecule has 0 bridgehead atoms. The van der Waals surface area contributed by atoms with Crippen molar-refractivity contribution in [2.24, 2.45) is 17.6 Å². The lowest BCUT2D eigenvalue weighted by atomic mass is 9.78. The number of aliphatic hydroxyl groups is 1. The van der Waals surface area contributed by atoms with Crippen molar-refractivity contribution in [1.29, 1.82) is 0 Å². The molecule has 0 aromatic rings. The van der Waals surface area contributed by atoms with Crippen LogP contribution in [0.15, 0.2) is 0 Å². The monoisotopic (exact) mass is 284 g/mol. The van der Waals surface area contributed by atoms with Gasteiger partial charge in [-0.2, -0.15) is 0 Å². The van der Waals surface area contributed by atoms with Crippen molar-refractivity contribution in [3.8, 4) is 0 Å². The first kappa shape index (κ1) is 15.3. The lowest BCUT2D eigenvalue weighted by Crippen LogP contribution is -2.49. The number of carboxylic acids is 1. The summed E-state index contributed by atoms with van der Waals surface area (Å²) in [5.74, 6) is -1.33. The first-order valence-electron chi connectivity index (χ1n) is 7.36. The number of likely N-dealkylation sites (tertiary alicyclic amines) is 1. The summed E-state index contributed by atoms with van der Waals surface area (Å²) in [6, 6.07) is 0. The number of amides is 1. The molecule has 0 aromatic carbocycles. The van der Waals surface area contributed by atoms with Gasteiger partial charge in [-0.25, -0.2) is 0 Å². The summed E-state index contributed by atoms with van der Waals surface area (Å²) >= 11 is 0. The van der Waals surface area contributed by atoms with E-state index in [0.29, 0.717) is 32.2 Å². The molecule has 1 saturated heterocycles. The van der Waals surface area contributed by atoms with Gasteiger partial charge in [0.25, 0.3) is 0 Å². The number of hydrogen-bond acceptors (Lipinski definition) is 4. The quantitative estimate of drug-likeness (QED) is 0.683. The maximum absolute atomic E-state index is 11.1. The van der Waals surface area contributed by atoms with Crippen LogP contribution in [0.4, 0.5) is 0 Å². The Hall–Kier alpha value is -1.14. The van der Waals surface area contributed by atoms with Crippen LogP contribution in [-0.2, 0) is 9.59 Å². The summed E-state index contributed by atoms with van der Waals surface area (Å²) in [7, 11) is 0. The summed E-state index contributed by atoms with van der Waals surface area (Å²) < 4.78 is 0. The molecule has 6 heteroatoms. The van der Waals surface area contributed by atoms with E-state index < -0.39 is 11.6 Å². The number of primary amides is 1. The largest absolute Gasteiger partial charge is 0.481 e. The van der Waals surface area contributed by atoms with E-state index in [2.05, 4.69) is 4.90 Å². The minimum absolute atomic E-state index is 0.0383. The Kier molecular flexibility index (Phi) is 4.65. The van der Waals surface area contributed by atoms with Crippen LogP contribution in [0.2, 0.25) is 0 Å². The zero-order valence-electron chi connectivity index (χ0n) is 11.8. The summed E-state index contributed by atoms with van der Waals surface area (Å²) in [4.78, 5) is 24.2. The zero-order chi connectivity index (χ0) is 14.8. The Balaban J connectivity index is 1.79. The number of carboxylic acid groups (broad SMARTS) is 1. The van der Waals surface area contributed by atoms with Gasteiger partial charge in [0.15, 0.2) is 0 Å². The molecule has 2 rings (SSSR count). The fraction of sp³-hybridized carbons (Fsp3) is 0.857. The fourth-order valence-corrected chi connectivity index (χ4v) is 3.35. The third kappa shape index (κ3) is 3.70. The maximum Gasteiger partial charge on any atom is 0.306 e. The molecule has 1 aliphatic heterocycles. The van der Waals surface area contributed by atoms with E-state index in [-0.39, 0.29) is 17.7 Å². The van der Waals surface area contributed by atoms with Crippen molar-refractivity contribution in [2.75, 3.05) is 19.6 Å². The Bertz CT molecular complexity index is 369. The van der Waals surface area contributed by atoms with Gasteiger partial charge in [0.05, 0.1) is 11.5 Å². The van der Waals surface area contributed by atoms with Crippen LogP contribution in [0.25, 0.3) is 0 Å². The number of carbonyl (C=O) groups is 2. The Morgan fingerprint density at radius 1 is 1.10 bits per heavy atom. The van der Waals surface area contributed by atoms with E-state index in [1.165, 1.54) is 0 Å². The van der Waals surface area contributed by atoms with Crippen LogP contribution < -0.4 is 5.73 Å². The van der Waals surface area contributed by atoms with E-state index in [0.717, 1.165) is 25.9 Å². The number of nitrogens with two attached hydrogens (primary N) is 1. The second-order valence-corrected chi connectivity index (χ2v) is 6.29. The molecule has 0 aromatic heterocycles. The second kappa shape index (κ2) is 6.10. The second-order valence-electron chi connectivity index (χ2n) is 6.29. The van der Waals surface area contributed by atoms with Crippen molar-refractivity contribution in [2.45, 2.75) is 44.1 Å². The predicted molar refractivity (Wildman–Crippen MR) is 72.9 cm³/mol. The molecule has 0 unspecified atom stereocenters. The Labute approximate surface area is 118 Å². The van der Waals surface area contributed by atoms with Crippen molar-refractivity contribution in [3.05, 3.63) is 0 Å². The average Bonchev–Trinajstić information content (AvgIpc) is 2.39. The van der Waals surface area contributed by atoms with Crippen LogP contribution in [0.3, 0.4) is 0 Å². The molecule has 4 N–H and O–H groups in total. The summed E-state index contributed by atoms with van der Waals surface area (Å²) in [6.07, 6.45) is 3.68. The fourth-order valence-electron chi connectivity index (χ4n) is 3.35. The third-order valence-corrected chi connectivity index (χ3v) is 4.77. The maximum atomic E-state index is 11.1. The molecular formula is C14H24N2O4. The van der Waals surface area contributed by atoms with Crippen LogP contribution in [0, 0.1) is 11.8 Å². The first-order valence-corrected chi connectivity index (χ1v) is 7.36. The SMILES string of the molecule is NC(=O)C1CCN(CC2(O)CCC(C(=O)O)CC2)CC1. The highest BCUT2D eigenvalue weighted by molar-refractivity contribution is 5.76. The van der Waals surface area contributed by atoms with E-state index >= 15 is 0 Å². The molecule has 1 heterocycles. The van der Waals surface area contributed by atoms with Gasteiger partial charge < -0.3 is 20.8 Å². The molecule has 1 amide bonds. The molecule has 0 atom stereocenters. The third-order valence-electron chi connectivity index (χ3n) is 4.77. The van der Waals surface area contributed by atoms with Gasteiger partial charge in [0.1, 0.15) is 0 Å². The van der Waals surface area contributed by atoms with E-state index in [9.17, 15) is 14.7 Å². The number of nitrogens with zero attached hydrogens (tertiary/aromatic N) is 1. The molecule has 6 nitrogen and oxygen atoms in total. The Morgan fingerprint density at radius 3 is 2.10 bits per heavy atom. The van der Waals surface area contributed by atoms with Gasteiger partial charge >= 0.3 is 5.97 Å². The van der Waals surface area contributed by atoms with Crippen LogP contribution in [0.1, 0.15) is 38.5 Å². The highest BCUT2D eigenvalue weighted by Crippen LogP contribution is 2.33. The molecule has 1 aliphatic carbocycles. The van der Waals surface area contributed by atoms with Gasteiger partial charge in [-0.1, -0.05) is 0 Å². The number of rotatable bonds is 4. The van der Waals surface area contributed by atoms with Crippen molar-refractivity contribution in [1.82, 2.24) is 4.90 Å². The smallest absolute Gasteiger partial charge is 0.306 e. The summed E-state index contributed by atoms with van der Waals surface area (Å²) in [6.45, 7) is 2.13. The van der Waals surface area contributed by atoms with Gasteiger partial charge in [-0.05, 0) is 51.6 Å². The van der Waals surface area contributed by atoms with Crippen molar-refractivity contribution >= 4 is 11.9 Å². The molecule has 0 radical (unpaired) electrons. The molecule has 2 fully saturated rings. The highest BCUT2D eigenvalue weighted by atomic mass is 16.4. The average molecular weight is 284 g/mol. The van der Waals surface area contributed by atoms with Crippen LogP contribution in [0.5, 0.6) is 0 Å². The summed E-state index contributed by atoms with van der Waals surface area (Å²) in [5.41, 5.74) is 4.53. The van der Waals surface area contributed by atoms with Crippen LogP contribution in [-0.4, -0.2) is 52.2 Å². The number of aliphatic carboxylic acids is 1. The zero-order valence-corrected chi connectivity index (χ0v) is 11.8. The van der Waals surface area contributed by atoms with Crippen molar-refractivity contribution in [3.63, 3.8) is 0 Å². The number of piperidine rings is 1. The number of carbonyl (C=O) groups excluding carboxylic acids is 1. The van der Waals surface area contributed by atoms with Gasteiger partial charge in [0, 0.05) is 12.5 Å². The predicted octanol–water partition coefficient (Wildman–Crippen LogP) is 0.190. The summed E-state index contributed by atoms with van der Waals surface area (Å²) in [5, 5.41) is 19.5. The molecule has 0 spiro atoms. The van der Waals surface area contributed by atoms with E-state index in [1.54, 1.807) is 0 Å². The molecule has 2 aliphatic rings. The molecule has 114 valence electrons. The highest BCUT2D eigenvalue weighted by Gasteiger charge is 2.37. The number of β-amino-alcohol motifs (C(OH)–C–C–N with tert-alkyl or cyclic N) is 1. The van der Waals surface area contributed by atoms with Crippen molar-refractivity contribution < 1.29 is 19.8 Å². The van der Waals surface area contributed by atoms with E-state index in [4.69, 9.17) is 10.8 Å². The van der Waals surface area contributed by atoms with E-state index in [1.807, 2.05) is 0 Å². The lowest BCUT2D eigenvalue weighted by Gasteiger charge is -2.40. The van der Waals surface area contributed by atoms with Crippen LogP contribution >= 0.6 is 0 Å². The van der Waals surface area contributed by atoms with Gasteiger partial charge in [-0.15, -0.1) is 0 Å². The molecular weight excluding hydrogens is 260 g/mol.